The van der Waals surface area contributed by atoms with Gasteiger partial charge in [-0.25, -0.2) is 0 Å². The molecule has 2 heterocycles. The Balaban J connectivity index is 1.82. The monoisotopic (exact) mass is 325 g/mol. The van der Waals surface area contributed by atoms with Crippen molar-refractivity contribution in [2.45, 2.75) is 13.1 Å². The number of halogens is 1. The van der Waals surface area contributed by atoms with E-state index in [1.165, 1.54) is 22.5 Å². The van der Waals surface area contributed by atoms with Gasteiger partial charge in [-0.05, 0) is 47.5 Å². The topological polar surface area (TPSA) is 30.3 Å². The first kappa shape index (κ1) is 11.8. The summed E-state index contributed by atoms with van der Waals surface area (Å²) in [6.45, 7) is 2.72. The Morgan fingerprint density at radius 2 is 1.60 bits per heavy atom. The molecule has 0 spiro atoms. The quantitative estimate of drug-likeness (QED) is 0.741. The number of nitriles is 1. The number of rotatable bonds is 0. The maximum Gasteiger partial charge on any atom is 0.0991 e. The van der Waals surface area contributed by atoms with E-state index in [0.29, 0.717) is 0 Å². The predicted molar refractivity (Wildman–Crippen MR) is 82.5 cm³/mol. The molecule has 0 saturated heterocycles. The van der Waals surface area contributed by atoms with E-state index < -0.39 is 0 Å². The van der Waals surface area contributed by atoms with Crippen LogP contribution < -0.4 is 9.80 Å². The Bertz CT molecular complexity index is 748. The molecule has 20 heavy (non-hydrogen) atoms. The highest BCUT2D eigenvalue weighted by atomic mass is 79.9. The molecule has 0 amide bonds. The second-order valence-corrected chi connectivity index (χ2v) is 6.18. The summed E-state index contributed by atoms with van der Waals surface area (Å²) in [5.74, 6) is 0. The van der Waals surface area contributed by atoms with Crippen LogP contribution in [0.2, 0.25) is 0 Å². The van der Waals surface area contributed by atoms with Crippen LogP contribution in [-0.4, -0.2) is 6.67 Å². The van der Waals surface area contributed by atoms with E-state index in [4.69, 9.17) is 5.26 Å². The van der Waals surface area contributed by atoms with Crippen LogP contribution in [0.5, 0.6) is 0 Å². The first-order valence-electron chi connectivity index (χ1n) is 6.56. The number of hydrogen-bond donors (Lipinski definition) is 0. The van der Waals surface area contributed by atoms with Gasteiger partial charge < -0.3 is 9.80 Å². The third kappa shape index (κ3) is 1.70. The molecule has 0 atom stereocenters. The van der Waals surface area contributed by atoms with Gasteiger partial charge in [-0.2, -0.15) is 5.26 Å². The maximum atomic E-state index is 9.05. The summed E-state index contributed by atoms with van der Waals surface area (Å²) in [7, 11) is 0. The highest BCUT2D eigenvalue weighted by Crippen LogP contribution is 2.38. The fourth-order valence-corrected chi connectivity index (χ4v) is 3.53. The molecule has 0 fully saturated rings. The molecule has 2 aliphatic rings. The number of nitrogens with zero attached hydrogens (tertiary/aromatic N) is 3. The van der Waals surface area contributed by atoms with E-state index in [1.807, 2.05) is 12.1 Å². The first-order valence-corrected chi connectivity index (χ1v) is 7.35. The summed E-state index contributed by atoms with van der Waals surface area (Å²) in [5, 5.41) is 9.05. The minimum atomic E-state index is 0.738. The Labute approximate surface area is 126 Å². The lowest BCUT2D eigenvalue weighted by Crippen LogP contribution is -2.46. The van der Waals surface area contributed by atoms with Gasteiger partial charge in [-0.1, -0.05) is 15.9 Å². The summed E-state index contributed by atoms with van der Waals surface area (Å²) in [6, 6.07) is 14.7. The van der Waals surface area contributed by atoms with E-state index in [2.05, 4.69) is 56.1 Å². The summed E-state index contributed by atoms with van der Waals surface area (Å²) < 4.78 is 1.12. The molecular formula is C16H12BrN3. The van der Waals surface area contributed by atoms with Crippen molar-refractivity contribution in [3.8, 4) is 6.07 Å². The number of benzene rings is 2. The van der Waals surface area contributed by atoms with E-state index in [9.17, 15) is 0 Å². The van der Waals surface area contributed by atoms with Crippen molar-refractivity contribution in [1.29, 1.82) is 5.26 Å². The van der Waals surface area contributed by atoms with E-state index in [-0.39, 0.29) is 0 Å². The van der Waals surface area contributed by atoms with Gasteiger partial charge in [-0.15, -0.1) is 0 Å². The van der Waals surface area contributed by atoms with Crippen molar-refractivity contribution in [2.24, 2.45) is 0 Å². The van der Waals surface area contributed by atoms with Gasteiger partial charge in [0.2, 0.25) is 0 Å². The molecule has 2 aliphatic heterocycles. The van der Waals surface area contributed by atoms with Crippen LogP contribution in [0.3, 0.4) is 0 Å². The van der Waals surface area contributed by atoms with Gasteiger partial charge in [0.25, 0.3) is 0 Å². The SMILES string of the molecule is N#Cc1ccc2c(c1)CN1CN2Cc2cc(Br)ccc21. The zero-order chi connectivity index (χ0) is 13.7. The Morgan fingerprint density at radius 1 is 0.950 bits per heavy atom. The lowest BCUT2D eigenvalue weighted by Gasteiger charge is -2.44. The summed E-state index contributed by atoms with van der Waals surface area (Å²) in [4.78, 5) is 4.74. The normalized spacial score (nSPS) is 15.4. The summed E-state index contributed by atoms with van der Waals surface area (Å²) in [6.07, 6.45) is 0. The lowest BCUT2D eigenvalue weighted by molar-refractivity contribution is 0.650. The van der Waals surface area contributed by atoms with E-state index >= 15 is 0 Å². The van der Waals surface area contributed by atoms with Crippen molar-refractivity contribution >= 4 is 27.3 Å². The highest BCUT2D eigenvalue weighted by molar-refractivity contribution is 9.10. The molecule has 4 rings (SSSR count). The van der Waals surface area contributed by atoms with Gasteiger partial charge in [0.05, 0.1) is 18.3 Å². The Morgan fingerprint density at radius 3 is 2.30 bits per heavy atom. The summed E-state index contributed by atoms with van der Waals surface area (Å²) >= 11 is 3.55. The largest absolute Gasteiger partial charge is 0.349 e. The minimum absolute atomic E-state index is 0.738. The molecule has 4 heteroatoms. The van der Waals surface area contributed by atoms with Crippen LogP contribution in [0.1, 0.15) is 16.7 Å². The van der Waals surface area contributed by atoms with Crippen molar-refractivity contribution < 1.29 is 0 Å². The molecule has 0 aliphatic carbocycles. The average molecular weight is 326 g/mol. The smallest absolute Gasteiger partial charge is 0.0991 e. The van der Waals surface area contributed by atoms with Gasteiger partial charge in [0.1, 0.15) is 0 Å². The fourth-order valence-electron chi connectivity index (χ4n) is 3.12. The zero-order valence-electron chi connectivity index (χ0n) is 10.8. The van der Waals surface area contributed by atoms with Crippen molar-refractivity contribution in [3.05, 3.63) is 57.6 Å². The van der Waals surface area contributed by atoms with Crippen LogP contribution >= 0.6 is 15.9 Å². The van der Waals surface area contributed by atoms with Crippen LogP contribution in [0.4, 0.5) is 11.4 Å². The lowest BCUT2D eigenvalue weighted by atomic mass is 10.0. The van der Waals surface area contributed by atoms with Gasteiger partial charge in [-0.3, -0.25) is 0 Å². The Hall–Kier alpha value is -1.99. The van der Waals surface area contributed by atoms with Crippen molar-refractivity contribution in [2.75, 3.05) is 16.5 Å². The molecule has 0 unspecified atom stereocenters. The molecule has 0 saturated carbocycles. The van der Waals surface area contributed by atoms with Gasteiger partial charge in [0, 0.05) is 28.9 Å². The Kier molecular flexibility index (Phi) is 2.51. The van der Waals surface area contributed by atoms with E-state index in [0.717, 1.165) is 29.8 Å². The van der Waals surface area contributed by atoms with Gasteiger partial charge >= 0.3 is 0 Å². The van der Waals surface area contributed by atoms with Gasteiger partial charge in [0.15, 0.2) is 0 Å². The maximum absolute atomic E-state index is 9.05. The number of anilines is 2. The first-order chi connectivity index (χ1) is 9.74. The molecule has 3 nitrogen and oxygen atoms in total. The van der Waals surface area contributed by atoms with Crippen LogP contribution in [0.15, 0.2) is 40.9 Å². The average Bonchev–Trinajstić information content (AvgIpc) is 2.46. The van der Waals surface area contributed by atoms with Crippen LogP contribution in [0.25, 0.3) is 0 Å². The predicted octanol–water partition coefficient (Wildman–Crippen LogP) is 3.62. The van der Waals surface area contributed by atoms with Crippen molar-refractivity contribution in [1.82, 2.24) is 0 Å². The number of hydrogen-bond acceptors (Lipinski definition) is 3. The second-order valence-electron chi connectivity index (χ2n) is 5.27. The van der Waals surface area contributed by atoms with E-state index in [1.54, 1.807) is 0 Å². The fraction of sp³-hybridized carbons (Fsp3) is 0.188. The minimum Gasteiger partial charge on any atom is -0.349 e. The summed E-state index contributed by atoms with van der Waals surface area (Å²) in [5.41, 5.74) is 5.88. The molecule has 0 aromatic heterocycles. The molecular weight excluding hydrogens is 314 g/mol. The molecule has 2 aromatic carbocycles. The molecule has 0 radical (unpaired) electrons. The molecule has 2 bridgehead atoms. The third-order valence-electron chi connectivity index (χ3n) is 4.00. The van der Waals surface area contributed by atoms with Crippen LogP contribution in [-0.2, 0) is 13.1 Å². The second kappa shape index (κ2) is 4.26. The molecule has 2 aromatic rings. The number of fused-ring (bicyclic) bond motifs is 6. The third-order valence-corrected chi connectivity index (χ3v) is 4.49. The van der Waals surface area contributed by atoms with Crippen molar-refractivity contribution in [3.63, 3.8) is 0 Å². The highest BCUT2D eigenvalue weighted by Gasteiger charge is 2.29. The molecule has 98 valence electrons. The molecule has 0 N–H and O–H groups in total. The van der Waals surface area contributed by atoms with Crippen LogP contribution in [0, 0.1) is 11.3 Å². The zero-order valence-corrected chi connectivity index (χ0v) is 12.4. The standard InChI is InChI=1S/C16H12BrN3/c17-14-2-4-16-13(6-14)9-20-10-19(16)8-12-5-11(7-18)1-3-15(12)20/h1-6H,8-10H2.